The Labute approximate surface area is 248 Å². The fourth-order valence-electron chi connectivity index (χ4n) is 6.67. The van der Waals surface area contributed by atoms with E-state index in [-0.39, 0.29) is 13.1 Å². The minimum atomic E-state index is -1.14. The Hall–Kier alpha value is -2.40. The van der Waals surface area contributed by atoms with Crippen LogP contribution in [0.4, 0.5) is 0 Å². The van der Waals surface area contributed by atoms with Crippen molar-refractivity contribution in [3.05, 3.63) is 34.7 Å². The van der Waals surface area contributed by atoms with Gasteiger partial charge in [-0.15, -0.1) is 0 Å². The largest absolute Gasteiger partial charge is 0.458 e. The summed E-state index contributed by atoms with van der Waals surface area (Å²) in [6, 6.07) is 7.17. The lowest BCUT2D eigenvalue weighted by Crippen LogP contribution is -2.47. The Bertz CT molecular complexity index is 1400. The summed E-state index contributed by atoms with van der Waals surface area (Å²) in [5, 5.41) is 11.3. The molecule has 4 aliphatic heterocycles. The van der Waals surface area contributed by atoms with Crippen molar-refractivity contribution in [3.63, 3.8) is 0 Å². The van der Waals surface area contributed by atoms with Gasteiger partial charge in [-0.05, 0) is 39.8 Å². The SMILES string of the molecule is CO[C@@H]1[C@H]2OC(C)(C)O[C@H]2O[C@@H]1C(O)Cn1c(=O)n(CC(OC(C)=O)[C@H]2O[C@@H]3OC(C)(C)O[C@@H]3[C@H]2OC)c2ccccc21. The molecule has 6 rings (SSSR count). The number of aliphatic hydroxyl groups is 1. The number of ether oxygens (including phenoxy) is 9. The van der Waals surface area contributed by atoms with E-state index in [4.69, 9.17) is 42.6 Å². The maximum atomic E-state index is 14.0. The Kier molecular flexibility index (Phi) is 7.97. The van der Waals surface area contributed by atoms with E-state index in [1.165, 1.54) is 30.3 Å². The van der Waals surface area contributed by atoms with Crippen LogP contribution in [0.2, 0.25) is 0 Å². The van der Waals surface area contributed by atoms with Crippen molar-refractivity contribution >= 4 is 17.0 Å². The number of esters is 1. The van der Waals surface area contributed by atoms with Gasteiger partial charge in [-0.25, -0.2) is 4.79 Å². The fraction of sp³-hybridized carbons (Fsp3) is 0.724. The van der Waals surface area contributed by atoms with E-state index in [1.807, 2.05) is 0 Å². The van der Waals surface area contributed by atoms with Crippen molar-refractivity contribution < 1.29 is 52.5 Å². The highest BCUT2D eigenvalue weighted by atomic mass is 16.9. The summed E-state index contributed by atoms with van der Waals surface area (Å²) in [6.07, 6.45) is -7.39. The summed E-state index contributed by atoms with van der Waals surface area (Å²) >= 11 is 0. The van der Waals surface area contributed by atoms with Gasteiger partial charge in [0.05, 0.1) is 24.1 Å². The predicted molar refractivity (Wildman–Crippen MR) is 147 cm³/mol. The van der Waals surface area contributed by atoms with Crippen molar-refractivity contribution in [2.45, 2.75) is 121 Å². The third kappa shape index (κ3) is 5.53. The Balaban J connectivity index is 1.27. The molecule has 0 saturated carbocycles. The van der Waals surface area contributed by atoms with Crippen LogP contribution >= 0.6 is 0 Å². The van der Waals surface area contributed by atoms with Crippen LogP contribution in [0.1, 0.15) is 34.6 Å². The second-order valence-electron chi connectivity index (χ2n) is 12.2. The molecule has 4 fully saturated rings. The third-order valence-electron chi connectivity index (χ3n) is 8.32. The zero-order valence-corrected chi connectivity index (χ0v) is 25.3. The zero-order valence-electron chi connectivity index (χ0n) is 25.3. The monoisotopic (exact) mass is 608 g/mol. The van der Waals surface area contributed by atoms with Crippen LogP contribution in [0, 0.1) is 0 Å². The summed E-state index contributed by atoms with van der Waals surface area (Å²) in [7, 11) is 3.04. The summed E-state index contributed by atoms with van der Waals surface area (Å²) in [5.41, 5.74) is 0.743. The Morgan fingerprint density at radius 1 is 0.860 bits per heavy atom. The minimum absolute atomic E-state index is 0.0447. The fourth-order valence-corrected chi connectivity index (χ4v) is 6.67. The number of imidazole rings is 1. The first-order valence-electron chi connectivity index (χ1n) is 14.4. The van der Waals surface area contributed by atoms with Crippen LogP contribution in [0.3, 0.4) is 0 Å². The molecule has 0 spiro atoms. The topological polar surface area (TPSA) is 147 Å². The van der Waals surface area contributed by atoms with E-state index in [0.29, 0.717) is 11.0 Å². The van der Waals surface area contributed by atoms with Crippen LogP contribution in [0.5, 0.6) is 0 Å². The van der Waals surface area contributed by atoms with E-state index >= 15 is 0 Å². The second-order valence-corrected chi connectivity index (χ2v) is 12.2. The standard InChI is InChI=1S/C29H40N2O12/c1-14(32)37-18(20-22(36-7)24-26(39-20)43-29(4,5)41-24)13-31-16-11-9-8-10-15(16)30(27(31)34)12-17(33)19-21(35-6)23-25(38-19)42-28(2,3)40-23/h8-11,17-26,33H,12-13H2,1-7H3/t17?,18?,19-,20-,21+,22+,23-,24-,25-,26-/m1/s1. The Morgan fingerprint density at radius 3 is 1.86 bits per heavy atom. The minimum Gasteiger partial charge on any atom is -0.458 e. The number of carbonyl (C=O) groups excluding carboxylic acids is 1. The van der Waals surface area contributed by atoms with Gasteiger partial charge in [0.2, 0.25) is 0 Å². The van der Waals surface area contributed by atoms with Crippen LogP contribution in [0.15, 0.2) is 29.1 Å². The van der Waals surface area contributed by atoms with Crippen molar-refractivity contribution in [1.82, 2.24) is 9.13 Å². The molecular formula is C29H40N2O12. The molecule has 1 aromatic heterocycles. The van der Waals surface area contributed by atoms with Crippen LogP contribution in [0.25, 0.3) is 11.0 Å². The van der Waals surface area contributed by atoms with Gasteiger partial charge >= 0.3 is 11.7 Å². The van der Waals surface area contributed by atoms with Gasteiger partial charge in [0.15, 0.2) is 24.2 Å². The third-order valence-corrected chi connectivity index (χ3v) is 8.32. The molecule has 14 nitrogen and oxygen atoms in total. The van der Waals surface area contributed by atoms with E-state index < -0.39 is 84.6 Å². The van der Waals surface area contributed by atoms with Crippen molar-refractivity contribution in [2.75, 3.05) is 14.2 Å². The van der Waals surface area contributed by atoms with Gasteiger partial charge in [0.25, 0.3) is 0 Å². The average Bonchev–Trinajstić information content (AvgIpc) is 3.67. The van der Waals surface area contributed by atoms with E-state index in [9.17, 15) is 14.7 Å². The molecule has 1 N–H and O–H groups in total. The molecule has 238 valence electrons. The van der Waals surface area contributed by atoms with E-state index in [0.717, 1.165) is 0 Å². The van der Waals surface area contributed by atoms with Crippen LogP contribution < -0.4 is 5.69 Å². The first-order chi connectivity index (χ1) is 20.3. The summed E-state index contributed by atoms with van der Waals surface area (Å²) in [5.74, 6) is -2.25. The number of hydrogen-bond acceptors (Lipinski definition) is 12. The molecule has 0 bridgehead atoms. The Morgan fingerprint density at radius 2 is 1.35 bits per heavy atom. The molecule has 2 unspecified atom stereocenters. The number of nitrogens with zero attached hydrogens (tertiary/aromatic N) is 2. The summed E-state index contributed by atoms with van der Waals surface area (Å²) in [4.78, 5) is 26.2. The molecule has 0 amide bonds. The molecule has 10 atom stereocenters. The maximum absolute atomic E-state index is 14.0. The number of benzene rings is 1. The highest BCUT2D eigenvalue weighted by Gasteiger charge is 2.58. The van der Waals surface area contributed by atoms with Crippen molar-refractivity contribution in [1.29, 1.82) is 0 Å². The number of para-hydroxylation sites is 2. The van der Waals surface area contributed by atoms with Gasteiger partial charge in [0.1, 0.15) is 48.8 Å². The molecule has 5 heterocycles. The molecule has 2 aromatic rings. The van der Waals surface area contributed by atoms with Crippen LogP contribution in [-0.2, 0) is 60.5 Å². The maximum Gasteiger partial charge on any atom is 0.329 e. The molecule has 4 aliphatic rings. The highest BCUT2D eigenvalue weighted by Crippen LogP contribution is 2.41. The lowest BCUT2D eigenvalue weighted by atomic mass is 10.0. The predicted octanol–water partition coefficient (Wildman–Crippen LogP) is 0.878. The number of hydrogen-bond donors (Lipinski definition) is 1. The van der Waals surface area contributed by atoms with Gasteiger partial charge in [-0.2, -0.15) is 0 Å². The number of rotatable bonds is 9. The quantitative estimate of drug-likeness (QED) is 0.403. The number of aromatic nitrogens is 2. The lowest BCUT2D eigenvalue weighted by molar-refractivity contribution is -0.231. The lowest BCUT2D eigenvalue weighted by Gasteiger charge is -2.30. The van der Waals surface area contributed by atoms with Gasteiger partial charge in [-0.1, -0.05) is 12.1 Å². The van der Waals surface area contributed by atoms with Gasteiger partial charge < -0.3 is 47.7 Å². The zero-order chi connectivity index (χ0) is 30.8. The van der Waals surface area contributed by atoms with E-state index in [2.05, 4.69) is 0 Å². The molecule has 4 saturated heterocycles. The van der Waals surface area contributed by atoms with E-state index in [1.54, 1.807) is 52.0 Å². The smallest absolute Gasteiger partial charge is 0.329 e. The van der Waals surface area contributed by atoms with Crippen LogP contribution in [-0.4, -0.2) is 107 Å². The molecule has 14 heteroatoms. The number of fused-ring (bicyclic) bond motifs is 3. The first-order valence-corrected chi connectivity index (χ1v) is 14.4. The molecular weight excluding hydrogens is 568 g/mol. The van der Waals surface area contributed by atoms with Crippen molar-refractivity contribution in [3.8, 4) is 0 Å². The molecule has 0 aliphatic carbocycles. The average molecular weight is 609 g/mol. The summed E-state index contributed by atoms with van der Waals surface area (Å²) < 4.78 is 55.9. The normalized spacial score (nSPS) is 35.6. The first kappa shape index (κ1) is 30.6. The number of methoxy groups -OCH3 is 2. The number of aliphatic hydroxyl groups excluding tert-OH is 1. The van der Waals surface area contributed by atoms with Crippen molar-refractivity contribution in [2.24, 2.45) is 0 Å². The second kappa shape index (κ2) is 11.2. The van der Waals surface area contributed by atoms with Gasteiger partial charge in [-0.3, -0.25) is 13.9 Å². The summed E-state index contributed by atoms with van der Waals surface area (Å²) in [6.45, 7) is 8.27. The van der Waals surface area contributed by atoms with Gasteiger partial charge in [0, 0.05) is 21.1 Å². The molecule has 43 heavy (non-hydrogen) atoms. The highest BCUT2D eigenvalue weighted by molar-refractivity contribution is 5.76. The molecule has 1 aromatic carbocycles. The number of carbonyl (C=O) groups is 1. The molecule has 0 radical (unpaired) electrons.